The van der Waals surface area contributed by atoms with Crippen molar-refractivity contribution >= 4 is 38.2 Å². The number of morpholine rings is 1. The van der Waals surface area contributed by atoms with Crippen molar-refractivity contribution in [2.75, 3.05) is 49.8 Å². The zero-order valence-corrected chi connectivity index (χ0v) is 16.6. The number of thiazole rings is 1. The van der Waals surface area contributed by atoms with E-state index >= 15 is 0 Å². The molecule has 2 N–H and O–H groups in total. The number of aromatic nitrogens is 3. The van der Waals surface area contributed by atoms with Crippen molar-refractivity contribution in [3.63, 3.8) is 0 Å². The van der Waals surface area contributed by atoms with Crippen molar-refractivity contribution in [2.45, 2.75) is 5.75 Å². The molecule has 0 bridgehead atoms. The molecular weight excluding hydrogens is 392 g/mol. The van der Waals surface area contributed by atoms with Gasteiger partial charge in [-0.2, -0.15) is 0 Å². The summed E-state index contributed by atoms with van der Waals surface area (Å²) in [6, 6.07) is 1.32. The number of amides is 2. The monoisotopic (exact) mass is 412 g/mol. The second-order valence-electron chi connectivity index (χ2n) is 5.94. The van der Waals surface area contributed by atoms with Crippen LogP contribution in [0.15, 0.2) is 12.3 Å². The molecule has 0 unspecified atom stereocenters. The molecule has 0 saturated carbocycles. The Kier molecular flexibility index (Phi) is 5.87. The van der Waals surface area contributed by atoms with E-state index in [1.807, 2.05) is 4.90 Å². The molecule has 3 heterocycles. The van der Waals surface area contributed by atoms with Gasteiger partial charge >= 0.3 is 6.03 Å². The average molecular weight is 412 g/mol. The molecule has 0 aromatic carbocycles. The lowest BCUT2D eigenvalue weighted by Crippen LogP contribution is -2.37. The quantitative estimate of drug-likeness (QED) is 0.736. The minimum atomic E-state index is -3.25. The topological polar surface area (TPSA) is 126 Å². The van der Waals surface area contributed by atoms with Crippen LogP contribution in [0.1, 0.15) is 5.69 Å². The summed E-state index contributed by atoms with van der Waals surface area (Å²) in [7, 11) is -1.74. The summed E-state index contributed by atoms with van der Waals surface area (Å²) in [6.07, 6.45) is 2.72. The maximum atomic E-state index is 11.7. The minimum absolute atomic E-state index is 0.179. The van der Waals surface area contributed by atoms with Crippen LogP contribution in [0.3, 0.4) is 0 Å². The van der Waals surface area contributed by atoms with E-state index in [4.69, 9.17) is 4.74 Å². The van der Waals surface area contributed by atoms with E-state index in [0.29, 0.717) is 53.6 Å². The van der Waals surface area contributed by atoms with Crippen LogP contribution in [0.2, 0.25) is 0 Å². The number of hydrogen-bond donors (Lipinski definition) is 2. The molecule has 1 aliphatic rings. The van der Waals surface area contributed by atoms with Crippen molar-refractivity contribution in [1.82, 2.24) is 20.3 Å². The van der Waals surface area contributed by atoms with E-state index in [0.717, 1.165) is 0 Å². The molecule has 0 spiro atoms. The Bertz CT molecular complexity index is 924. The Morgan fingerprint density at radius 1 is 1.33 bits per heavy atom. The van der Waals surface area contributed by atoms with Gasteiger partial charge in [0.05, 0.1) is 35.7 Å². The first-order chi connectivity index (χ1) is 12.8. The summed E-state index contributed by atoms with van der Waals surface area (Å²) in [5.41, 5.74) is 0.415. The number of hydrogen-bond acceptors (Lipinski definition) is 9. The van der Waals surface area contributed by atoms with Crippen LogP contribution in [0.5, 0.6) is 0 Å². The first-order valence-corrected chi connectivity index (χ1v) is 11.0. The van der Waals surface area contributed by atoms with Gasteiger partial charge in [0.1, 0.15) is 5.82 Å². The summed E-state index contributed by atoms with van der Waals surface area (Å²) in [4.78, 5) is 27.2. The number of sulfone groups is 1. The fourth-order valence-corrected chi connectivity index (χ4v) is 3.92. The highest BCUT2D eigenvalue weighted by Gasteiger charge is 2.18. The van der Waals surface area contributed by atoms with Crippen molar-refractivity contribution in [3.8, 4) is 10.7 Å². The lowest BCUT2D eigenvalue weighted by molar-refractivity contribution is 0.122. The molecule has 0 atom stereocenters. The highest BCUT2D eigenvalue weighted by Crippen LogP contribution is 2.28. The first kappa shape index (κ1) is 19.5. The van der Waals surface area contributed by atoms with Crippen LogP contribution in [0.25, 0.3) is 10.7 Å². The smallest absolute Gasteiger partial charge is 0.320 e. The second kappa shape index (κ2) is 8.15. The number of ether oxygens (including phenoxy) is 1. The van der Waals surface area contributed by atoms with E-state index in [-0.39, 0.29) is 11.8 Å². The van der Waals surface area contributed by atoms with Gasteiger partial charge in [0.2, 0.25) is 0 Å². The fraction of sp³-hybridized carbons (Fsp3) is 0.467. The molecule has 0 radical (unpaired) electrons. The molecular formula is C15H20N6O4S2. The van der Waals surface area contributed by atoms with Gasteiger partial charge in [0, 0.05) is 32.5 Å². The van der Waals surface area contributed by atoms with Crippen LogP contribution in [-0.4, -0.2) is 69.0 Å². The van der Waals surface area contributed by atoms with Gasteiger partial charge in [-0.1, -0.05) is 11.3 Å². The molecule has 2 aromatic heterocycles. The van der Waals surface area contributed by atoms with E-state index in [1.165, 1.54) is 24.6 Å². The number of carbonyl (C=O) groups excluding carboxylic acids is 1. The zero-order valence-electron chi connectivity index (χ0n) is 14.9. The molecule has 1 aliphatic heterocycles. The standard InChI is InChI=1S/C15H20N6O4S2/c1-16-14(22)20-15-17-8-11(26-15)13-18-10(9-27(2,23)24)7-12(19-13)21-3-5-25-6-4-21/h7-8H,3-6,9H2,1-2H3,(H2,16,17,20,22). The van der Waals surface area contributed by atoms with E-state index in [2.05, 4.69) is 25.6 Å². The zero-order chi connectivity index (χ0) is 19.4. The number of nitrogens with one attached hydrogen (secondary N) is 2. The third-order valence-corrected chi connectivity index (χ3v) is 5.41. The summed E-state index contributed by atoms with van der Waals surface area (Å²) >= 11 is 1.21. The van der Waals surface area contributed by atoms with Crippen LogP contribution < -0.4 is 15.5 Å². The Morgan fingerprint density at radius 3 is 2.74 bits per heavy atom. The highest BCUT2D eigenvalue weighted by molar-refractivity contribution is 7.89. The van der Waals surface area contributed by atoms with Gasteiger partial charge in [0.15, 0.2) is 20.8 Å². The number of rotatable bonds is 5. The predicted octanol–water partition coefficient (Wildman–Crippen LogP) is 0.733. The SMILES string of the molecule is CNC(=O)Nc1ncc(-c2nc(CS(C)(=O)=O)cc(N3CCOCC3)n2)s1. The Balaban J connectivity index is 1.95. The molecule has 146 valence electrons. The minimum Gasteiger partial charge on any atom is -0.378 e. The maximum absolute atomic E-state index is 11.7. The Morgan fingerprint density at radius 2 is 2.07 bits per heavy atom. The highest BCUT2D eigenvalue weighted by atomic mass is 32.2. The Labute approximate surface area is 160 Å². The number of carbonyl (C=O) groups is 1. The molecule has 10 nitrogen and oxygen atoms in total. The van der Waals surface area contributed by atoms with Crippen molar-refractivity contribution in [3.05, 3.63) is 18.0 Å². The van der Waals surface area contributed by atoms with Crippen LogP contribution in [0.4, 0.5) is 15.7 Å². The first-order valence-electron chi connectivity index (χ1n) is 8.17. The molecule has 27 heavy (non-hydrogen) atoms. The molecule has 3 rings (SSSR count). The lowest BCUT2D eigenvalue weighted by atomic mass is 10.3. The molecule has 12 heteroatoms. The van der Waals surface area contributed by atoms with Crippen molar-refractivity contribution in [1.29, 1.82) is 0 Å². The summed E-state index contributed by atoms with van der Waals surface area (Å²) < 4.78 is 28.8. The molecule has 2 aromatic rings. The normalized spacial score (nSPS) is 14.8. The van der Waals surface area contributed by atoms with E-state index in [1.54, 1.807) is 12.3 Å². The van der Waals surface area contributed by atoms with Gasteiger partial charge < -0.3 is 15.0 Å². The second-order valence-corrected chi connectivity index (χ2v) is 9.12. The van der Waals surface area contributed by atoms with Gasteiger partial charge in [0.25, 0.3) is 0 Å². The van der Waals surface area contributed by atoms with E-state index < -0.39 is 9.84 Å². The summed E-state index contributed by atoms with van der Waals surface area (Å²) in [5, 5.41) is 5.44. The maximum Gasteiger partial charge on any atom is 0.320 e. The number of urea groups is 1. The van der Waals surface area contributed by atoms with Gasteiger partial charge in [-0.25, -0.2) is 28.2 Å². The third kappa shape index (κ3) is 5.34. The van der Waals surface area contributed by atoms with Crippen LogP contribution >= 0.6 is 11.3 Å². The van der Waals surface area contributed by atoms with Gasteiger partial charge in [-0.3, -0.25) is 5.32 Å². The molecule has 1 fully saturated rings. The number of nitrogens with zero attached hydrogens (tertiary/aromatic N) is 4. The molecule has 1 saturated heterocycles. The van der Waals surface area contributed by atoms with Crippen LogP contribution in [0, 0.1) is 0 Å². The van der Waals surface area contributed by atoms with Gasteiger partial charge in [-0.15, -0.1) is 0 Å². The van der Waals surface area contributed by atoms with Crippen molar-refractivity contribution in [2.24, 2.45) is 0 Å². The largest absolute Gasteiger partial charge is 0.378 e. The van der Waals surface area contributed by atoms with E-state index in [9.17, 15) is 13.2 Å². The lowest BCUT2D eigenvalue weighted by Gasteiger charge is -2.28. The molecule has 0 aliphatic carbocycles. The fourth-order valence-electron chi connectivity index (χ4n) is 2.49. The predicted molar refractivity (Wildman–Crippen MR) is 103 cm³/mol. The molecule has 2 amide bonds. The van der Waals surface area contributed by atoms with Crippen LogP contribution in [-0.2, 0) is 20.3 Å². The summed E-state index contributed by atoms with van der Waals surface area (Å²) in [6.45, 7) is 2.50. The van der Waals surface area contributed by atoms with Crippen molar-refractivity contribution < 1.29 is 17.9 Å². The Hall–Kier alpha value is -2.31. The van der Waals surface area contributed by atoms with Gasteiger partial charge in [-0.05, 0) is 0 Å². The summed E-state index contributed by atoms with van der Waals surface area (Å²) in [5.74, 6) is 0.846. The third-order valence-electron chi connectivity index (χ3n) is 3.68. The number of anilines is 2. The average Bonchev–Trinajstić information content (AvgIpc) is 3.09.